The van der Waals surface area contributed by atoms with Gasteiger partial charge in [-0.3, -0.25) is 4.79 Å². The first-order valence-corrected chi connectivity index (χ1v) is 9.43. The molecule has 0 atom stereocenters. The molecule has 3 rings (SSSR count). The number of anilines is 1. The van der Waals surface area contributed by atoms with Crippen LogP contribution < -0.4 is 10.1 Å². The van der Waals surface area contributed by atoms with Crippen molar-refractivity contribution >= 4 is 29.0 Å². The van der Waals surface area contributed by atoms with Gasteiger partial charge in [0, 0.05) is 15.3 Å². The summed E-state index contributed by atoms with van der Waals surface area (Å²) in [6.07, 6.45) is 1.49. The minimum absolute atomic E-state index is 0.0479. The molecule has 0 saturated heterocycles. The molecule has 0 aliphatic rings. The molecule has 0 radical (unpaired) electrons. The summed E-state index contributed by atoms with van der Waals surface area (Å²) in [5.74, 6) is -0.310. The molecule has 0 aliphatic carbocycles. The monoisotopic (exact) mass is 392 g/mol. The van der Waals surface area contributed by atoms with Crippen LogP contribution in [0.5, 0.6) is 5.75 Å². The van der Waals surface area contributed by atoms with Gasteiger partial charge in [0.05, 0.1) is 12.3 Å². The van der Waals surface area contributed by atoms with Gasteiger partial charge >= 0.3 is 0 Å². The van der Waals surface area contributed by atoms with E-state index in [1.165, 1.54) is 23.5 Å². The van der Waals surface area contributed by atoms with Gasteiger partial charge in [-0.05, 0) is 43.3 Å². The second-order valence-corrected chi connectivity index (χ2v) is 6.85. The lowest BCUT2D eigenvalue weighted by Crippen LogP contribution is -2.14. The van der Waals surface area contributed by atoms with Crippen LogP contribution in [0.1, 0.15) is 11.8 Å². The van der Waals surface area contributed by atoms with Gasteiger partial charge in [0.1, 0.15) is 23.2 Å². The summed E-state index contributed by atoms with van der Waals surface area (Å²) in [6.45, 7) is 2.31. The van der Waals surface area contributed by atoms with E-state index in [0.717, 1.165) is 4.88 Å². The molecule has 6 heteroatoms. The first-order valence-electron chi connectivity index (χ1n) is 8.62. The van der Waals surface area contributed by atoms with E-state index in [2.05, 4.69) is 5.32 Å². The van der Waals surface area contributed by atoms with Crippen molar-refractivity contribution in [3.8, 4) is 22.3 Å². The summed E-state index contributed by atoms with van der Waals surface area (Å²) in [5, 5.41) is 12.1. The van der Waals surface area contributed by atoms with E-state index in [0.29, 0.717) is 28.5 Å². The smallest absolute Gasteiger partial charge is 0.266 e. The molecule has 2 aromatic carbocycles. The van der Waals surface area contributed by atoms with E-state index in [-0.39, 0.29) is 11.4 Å². The largest absolute Gasteiger partial charge is 0.492 e. The third-order valence-electron chi connectivity index (χ3n) is 3.85. The topological polar surface area (TPSA) is 62.1 Å². The Kier molecular flexibility index (Phi) is 6.20. The number of para-hydroxylation sites is 2. The van der Waals surface area contributed by atoms with Crippen LogP contribution >= 0.6 is 11.3 Å². The molecule has 0 spiro atoms. The third kappa shape index (κ3) is 4.45. The molecule has 3 aromatic rings. The number of rotatable bonds is 6. The minimum atomic E-state index is -0.532. The maximum absolute atomic E-state index is 13.9. The van der Waals surface area contributed by atoms with E-state index in [9.17, 15) is 14.4 Å². The molecule has 0 fully saturated rings. The molecule has 4 nitrogen and oxygen atoms in total. The molecule has 0 saturated carbocycles. The Morgan fingerprint density at radius 3 is 2.68 bits per heavy atom. The van der Waals surface area contributed by atoms with Crippen molar-refractivity contribution in [2.45, 2.75) is 6.92 Å². The number of nitriles is 1. The number of nitrogens with one attached hydrogen (secondary N) is 1. The lowest BCUT2D eigenvalue weighted by molar-refractivity contribution is -0.112. The Balaban J connectivity index is 1.82. The summed E-state index contributed by atoms with van der Waals surface area (Å²) < 4.78 is 19.4. The number of nitrogens with zero attached hydrogens (tertiary/aromatic N) is 1. The van der Waals surface area contributed by atoms with E-state index >= 15 is 0 Å². The fourth-order valence-electron chi connectivity index (χ4n) is 2.57. The van der Waals surface area contributed by atoms with Crippen molar-refractivity contribution in [3.63, 3.8) is 0 Å². The highest BCUT2D eigenvalue weighted by Crippen LogP contribution is 2.31. The third-order valence-corrected chi connectivity index (χ3v) is 4.92. The van der Waals surface area contributed by atoms with E-state index in [1.807, 2.05) is 13.0 Å². The maximum atomic E-state index is 13.9. The zero-order valence-electron chi connectivity index (χ0n) is 15.1. The normalized spacial score (nSPS) is 11.0. The molecule has 28 heavy (non-hydrogen) atoms. The molecular weight excluding hydrogens is 375 g/mol. The number of halogens is 1. The average Bonchev–Trinajstić information content (AvgIpc) is 3.16. The number of benzene rings is 2. The second-order valence-electron chi connectivity index (χ2n) is 5.73. The maximum Gasteiger partial charge on any atom is 0.266 e. The molecule has 1 aromatic heterocycles. The zero-order chi connectivity index (χ0) is 19.9. The Labute approximate surface area is 166 Å². The fraction of sp³-hybridized carbons (Fsp3) is 0.0909. The van der Waals surface area contributed by atoms with E-state index in [1.54, 1.807) is 54.6 Å². The van der Waals surface area contributed by atoms with Gasteiger partial charge in [0.2, 0.25) is 0 Å². The second kappa shape index (κ2) is 8.98. The van der Waals surface area contributed by atoms with Gasteiger partial charge in [-0.25, -0.2) is 4.39 Å². The first kappa shape index (κ1) is 19.3. The van der Waals surface area contributed by atoms with Crippen LogP contribution in [-0.4, -0.2) is 12.5 Å². The Hall–Kier alpha value is -3.43. The Morgan fingerprint density at radius 1 is 1.18 bits per heavy atom. The Bertz CT molecular complexity index is 1070. The molecule has 140 valence electrons. The number of hydrogen-bond acceptors (Lipinski definition) is 4. The summed E-state index contributed by atoms with van der Waals surface area (Å²) in [4.78, 5) is 13.9. The molecular formula is C22H17FN2O2S. The van der Waals surface area contributed by atoms with Crippen LogP contribution in [0.3, 0.4) is 0 Å². The highest BCUT2D eigenvalue weighted by molar-refractivity contribution is 7.16. The summed E-state index contributed by atoms with van der Waals surface area (Å²) in [7, 11) is 0. The van der Waals surface area contributed by atoms with Gasteiger partial charge in [-0.2, -0.15) is 5.26 Å². The zero-order valence-corrected chi connectivity index (χ0v) is 15.9. The minimum Gasteiger partial charge on any atom is -0.492 e. The van der Waals surface area contributed by atoms with Crippen molar-refractivity contribution in [2.75, 3.05) is 11.9 Å². The number of thiophene rings is 1. The first-order chi connectivity index (χ1) is 13.6. The molecule has 1 N–H and O–H groups in total. The van der Waals surface area contributed by atoms with Crippen molar-refractivity contribution in [2.24, 2.45) is 0 Å². The van der Waals surface area contributed by atoms with Gasteiger partial charge in [0.15, 0.2) is 0 Å². The predicted molar refractivity (Wildman–Crippen MR) is 110 cm³/mol. The summed E-state index contributed by atoms with van der Waals surface area (Å²) >= 11 is 1.31. The number of carbonyl (C=O) groups excluding carboxylic acids is 1. The van der Waals surface area contributed by atoms with Gasteiger partial charge in [-0.15, -0.1) is 11.3 Å². The van der Waals surface area contributed by atoms with E-state index in [4.69, 9.17) is 4.74 Å². The summed E-state index contributed by atoms with van der Waals surface area (Å²) in [6, 6.07) is 19.0. The van der Waals surface area contributed by atoms with Crippen LogP contribution in [0, 0.1) is 17.1 Å². The van der Waals surface area contributed by atoms with Gasteiger partial charge in [0.25, 0.3) is 5.91 Å². The number of carbonyl (C=O) groups is 1. The van der Waals surface area contributed by atoms with E-state index < -0.39 is 5.91 Å². The molecule has 0 aliphatic heterocycles. The Morgan fingerprint density at radius 2 is 1.93 bits per heavy atom. The lowest BCUT2D eigenvalue weighted by Gasteiger charge is -2.10. The average molecular weight is 392 g/mol. The molecule has 1 heterocycles. The van der Waals surface area contributed by atoms with Crippen LogP contribution in [0.15, 0.2) is 66.2 Å². The summed E-state index contributed by atoms with van der Waals surface area (Å²) in [5.41, 5.74) is 0.933. The van der Waals surface area contributed by atoms with Crippen LogP contribution in [0.4, 0.5) is 10.1 Å². The molecule has 1 amide bonds. The van der Waals surface area contributed by atoms with Crippen molar-refractivity contribution < 1.29 is 13.9 Å². The standard InChI is InChI=1S/C22H17FN2O2S/c1-2-27-20-10-6-5-9-19(20)25-22(26)15(14-24)13-16-11-12-21(28-16)17-7-3-4-8-18(17)23/h3-13H,2H2,1H3,(H,25,26)/b15-13+. The predicted octanol–water partition coefficient (Wildman–Crippen LogP) is 5.50. The number of ether oxygens (including phenoxy) is 1. The van der Waals surface area contributed by atoms with Crippen LogP contribution in [0.25, 0.3) is 16.5 Å². The fourth-order valence-corrected chi connectivity index (χ4v) is 3.55. The number of amides is 1. The molecule has 0 bridgehead atoms. The van der Waals surface area contributed by atoms with Gasteiger partial charge < -0.3 is 10.1 Å². The lowest BCUT2D eigenvalue weighted by atomic mass is 10.2. The van der Waals surface area contributed by atoms with Crippen LogP contribution in [-0.2, 0) is 4.79 Å². The van der Waals surface area contributed by atoms with Crippen LogP contribution in [0.2, 0.25) is 0 Å². The quantitative estimate of drug-likeness (QED) is 0.445. The van der Waals surface area contributed by atoms with Gasteiger partial charge in [-0.1, -0.05) is 30.3 Å². The highest BCUT2D eigenvalue weighted by atomic mass is 32.1. The van der Waals surface area contributed by atoms with Crippen molar-refractivity contribution in [1.29, 1.82) is 5.26 Å². The molecule has 0 unspecified atom stereocenters. The SMILES string of the molecule is CCOc1ccccc1NC(=O)/C(C#N)=C/c1ccc(-c2ccccc2F)s1. The van der Waals surface area contributed by atoms with Crippen molar-refractivity contribution in [3.05, 3.63) is 76.9 Å². The number of hydrogen-bond donors (Lipinski definition) is 1. The highest BCUT2D eigenvalue weighted by Gasteiger charge is 2.13. The van der Waals surface area contributed by atoms with Crippen molar-refractivity contribution in [1.82, 2.24) is 0 Å².